The highest BCUT2D eigenvalue weighted by Gasteiger charge is 2.53. The molecule has 0 bridgehead atoms. The van der Waals surface area contributed by atoms with E-state index in [4.69, 9.17) is 29.8 Å². The number of aliphatic hydroxyl groups is 1. The molecule has 1 amide bonds. The van der Waals surface area contributed by atoms with Crippen LogP contribution in [0.3, 0.4) is 0 Å². The van der Waals surface area contributed by atoms with E-state index in [0.717, 1.165) is 28.0 Å². The molecule has 5 rings (SSSR count). The molecule has 2 atom stereocenters. The molecule has 4 aromatic carbocycles. The molecule has 11 nitrogen and oxygen atoms in total. The maximum absolute atomic E-state index is 14.5. The van der Waals surface area contributed by atoms with Crippen LogP contribution in [0.2, 0.25) is 0 Å². The van der Waals surface area contributed by atoms with Crippen molar-refractivity contribution in [1.29, 1.82) is 0 Å². The van der Waals surface area contributed by atoms with Gasteiger partial charge in [0.05, 0.1) is 20.3 Å². The lowest BCUT2D eigenvalue weighted by Crippen LogP contribution is -2.54. The number of benzene rings is 4. The van der Waals surface area contributed by atoms with Gasteiger partial charge >= 0.3 is 0 Å². The molecule has 11 heteroatoms. The van der Waals surface area contributed by atoms with E-state index in [0.29, 0.717) is 43.2 Å². The van der Waals surface area contributed by atoms with Crippen LogP contribution in [0.1, 0.15) is 40.3 Å². The van der Waals surface area contributed by atoms with Crippen LogP contribution >= 0.6 is 0 Å². The molecular weight excluding hydrogens is 596 g/mol. The number of methoxy groups -OCH3 is 1. The summed E-state index contributed by atoms with van der Waals surface area (Å²) in [6.07, 6.45) is 0.591. The number of aliphatic imine (C=N–C) groups is 1. The van der Waals surface area contributed by atoms with E-state index in [-0.39, 0.29) is 25.5 Å². The Morgan fingerprint density at radius 2 is 1.77 bits per heavy atom. The fraction of sp³-hybridized carbons (Fsp3) is 0.278. The molecule has 0 aromatic heterocycles. The Balaban J connectivity index is 1.49. The van der Waals surface area contributed by atoms with E-state index in [1.54, 1.807) is 7.11 Å². The summed E-state index contributed by atoms with van der Waals surface area (Å²) in [4.78, 5) is 22.5. The minimum absolute atomic E-state index is 0.0512. The van der Waals surface area contributed by atoms with Crippen molar-refractivity contribution in [3.05, 3.63) is 141 Å². The fourth-order valence-electron chi connectivity index (χ4n) is 5.48. The number of carbonyl (C=O) groups is 1. The van der Waals surface area contributed by atoms with E-state index < -0.39 is 11.6 Å². The number of azide groups is 1. The van der Waals surface area contributed by atoms with Gasteiger partial charge in [-0.2, -0.15) is 0 Å². The molecule has 0 spiro atoms. The van der Waals surface area contributed by atoms with E-state index in [9.17, 15) is 4.79 Å². The predicted octanol–water partition coefficient (Wildman–Crippen LogP) is 5.63. The van der Waals surface area contributed by atoms with Gasteiger partial charge < -0.3 is 19.3 Å². The second-order valence-corrected chi connectivity index (χ2v) is 11.0. The summed E-state index contributed by atoms with van der Waals surface area (Å²) in [5.41, 5.74) is 17.8. The van der Waals surface area contributed by atoms with Gasteiger partial charge in [-0.05, 0) is 70.6 Å². The summed E-state index contributed by atoms with van der Waals surface area (Å²) in [6, 6.07) is 32.2. The van der Waals surface area contributed by atoms with Crippen LogP contribution < -0.4 is 20.3 Å². The normalized spacial score (nSPS) is 16.8. The van der Waals surface area contributed by atoms with Gasteiger partial charge in [0, 0.05) is 36.5 Å². The Bertz CT molecular complexity index is 1710. The number of hydrazine groups is 1. The van der Waals surface area contributed by atoms with E-state index in [1.807, 2.05) is 103 Å². The molecular formula is C36H38N6O5. The Labute approximate surface area is 273 Å². The van der Waals surface area contributed by atoms with Crippen molar-refractivity contribution in [1.82, 2.24) is 10.9 Å². The number of nitrogens with one attached hydrogen (secondary N) is 2. The van der Waals surface area contributed by atoms with Crippen molar-refractivity contribution in [2.45, 2.75) is 37.5 Å². The highest BCUT2D eigenvalue weighted by atomic mass is 16.5. The summed E-state index contributed by atoms with van der Waals surface area (Å²) in [7, 11) is 1.63. The fourth-order valence-corrected chi connectivity index (χ4v) is 5.48. The predicted molar refractivity (Wildman–Crippen MR) is 179 cm³/mol. The number of aliphatic hydroxyl groups excluding tert-OH is 1. The summed E-state index contributed by atoms with van der Waals surface area (Å²) >= 11 is 0. The maximum atomic E-state index is 14.5. The molecule has 0 unspecified atom stereocenters. The van der Waals surface area contributed by atoms with Gasteiger partial charge in [-0.3, -0.25) is 10.2 Å². The monoisotopic (exact) mass is 634 g/mol. The molecule has 47 heavy (non-hydrogen) atoms. The number of nitrogens with zero attached hydrogens (tertiary/aromatic N) is 4. The highest BCUT2D eigenvalue weighted by Crippen LogP contribution is 2.43. The summed E-state index contributed by atoms with van der Waals surface area (Å²) in [6.45, 7) is 1.05. The molecule has 4 aromatic rings. The van der Waals surface area contributed by atoms with Gasteiger partial charge in [-0.1, -0.05) is 71.8 Å². The summed E-state index contributed by atoms with van der Waals surface area (Å²) in [5, 5.41) is 12.9. The van der Waals surface area contributed by atoms with Crippen molar-refractivity contribution in [3.63, 3.8) is 0 Å². The molecule has 0 saturated carbocycles. The first-order valence-electron chi connectivity index (χ1n) is 15.5. The quantitative estimate of drug-likeness (QED) is 0.0478. The molecule has 0 radical (unpaired) electrons. The Morgan fingerprint density at radius 1 is 1.00 bits per heavy atom. The first-order chi connectivity index (χ1) is 23.1. The number of hydrogen-bond acceptors (Lipinski definition) is 8. The SMILES string of the molecule is COc1cccc(CCNNC(=O)[C@@]2(Cc3ccccc3CN=[N+]=[N-])N=C(c3ccc(OCCCO)cc3)O[C@H]2c2ccccc2)c1. The van der Waals surface area contributed by atoms with Gasteiger partial charge in [0.2, 0.25) is 5.90 Å². The van der Waals surface area contributed by atoms with Gasteiger partial charge in [-0.25, -0.2) is 10.4 Å². The van der Waals surface area contributed by atoms with Crippen molar-refractivity contribution < 1.29 is 24.1 Å². The average molecular weight is 635 g/mol. The van der Waals surface area contributed by atoms with Crippen LogP contribution in [-0.2, 0) is 28.9 Å². The molecule has 1 aliphatic rings. The van der Waals surface area contributed by atoms with Crippen LogP contribution in [0.25, 0.3) is 10.4 Å². The second kappa shape index (κ2) is 16.3. The number of carbonyl (C=O) groups excluding carboxylic acids is 1. The first kappa shape index (κ1) is 33.0. The van der Waals surface area contributed by atoms with Crippen LogP contribution in [0.4, 0.5) is 0 Å². The molecule has 242 valence electrons. The lowest BCUT2D eigenvalue weighted by Gasteiger charge is -2.31. The van der Waals surface area contributed by atoms with Crippen molar-refractivity contribution in [3.8, 4) is 11.5 Å². The van der Waals surface area contributed by atoms with E-state index in [1.165, 1.54) is 0 Å². The number of ether oxygens (including phenoxy) is 3. The zero-order chi connectivity index (χ0) is 32.9. The Morgan fingerprint density at radius 3 is 2.51 bits per heavy atom. The number of hydrogen-bond donors (Lipinski definition) is 3. The lowest BCUT2D eigenvalue weighted by atomic mass is 9.81. The third-order valence-electron chi connectivity index (χ3n) is 7.89. The molecule has 0 aliphatic carbocycles. The molecule has 3 N–H and O–H groups in total. The Hall–Kier alpha value is -5.35. The average Bonchev–Trinajstić information content (AvgIpc) is 3.51. The number of amides is 1. The standard InChI is InChI=1S/C36H38N6O5/c1-45-32-14-7-9-26(23-32)19-20-38-41-35(44)36(24-29-12-5-6-13-30(29)25-39-42-37)33(27-10-3-2-4-11-27)47-34(40-36)28-15-17-31(18-16-28)46-22-8-21-43/h2-7,9-18,23,33,38,43H,8,19-22,24-25H2,1H3,(H,41,44)/t33-,36-/m0/s1. The summed E-state index contributed by atoms with van der Waals surface area (Å²) < 4.78 is 17.6. The van der Waals surface area contributed by atoms with Crippen molar-refractivity contribution in [2.75, 3.05) is 26.9 Å². The molecule has 1 heterocycles. The third-order valence-corrected chi connectivity index (χ3v) is 7.89. The zero-order valence-electron chi connectivity index (χ0n) is 26.2. The first-order valence-corrected chi connectivity index (χ1v) is 15.5. The van der Waals surface area contributed by atoms with E-state index in [2.05, 4.69) is 20.9 Å². The highest BCUT2D eigenvalue weighted by molar-refractivity contribution is 6.01. The van der Waals surface area contributed by atoms with Crippen molar-refractivity contribution >= 4 is 11.8 Å². The number of rotatable bonds is 16. The minimum atomic E-state index is -1.43. The minimum Gasteiger partial charge on any atom is -0.497 e. The maximum Gasteiger partial charge on any atom is 0.266 e. The van der Waals surface area contributed by atoms with Gasteiger partial charge in [0.15, 0.2) is 11.6 Å². The lowest BCUT2D eigenvalue weighted by molar-refractivity contribution is -0.130. The molecule has 1 aliphatic heterocycles. The molecule has 0 saturated heterocycles. The van der Waals surface area contributed by atoms with Gasteiger partial charge in [0.25, 0.3) is 5.91 Å². The van der Waals surface area contributed by atoms with E-state index >= 15 is 0 Å². The zero-order valence-corrected chi connectivity index (χ0v) is 26.2. The van der Waals surface area contributed by atoms with Crippen LogP contribution in [0.15, 0.2) is 113 Å². The molecule has 0 fully saturated rings. The second-order valence-electron chi connectivity index (χ2n) is 11.0. The third kappa shape index (κ3) is 8.28. The van der Waals surface area contributed by atoms with Crippen molar-refractivity contribution in [2.24, 2.45) is 10.1 Å². The Kier molecular flexibility index (Phi) is 11.4. The van der Waals surface area contributed by atoms with Gasteiger partial charge in [-0.15, -0.1) is 0 Å². The van der Waals surface area contributed by atoms with Crippen LogP contribution in [-0.4, -0.2) is 49.3 Å². The smallest absolute Gasteiger partial charge is 0.266 e. The van der Waals surface area contributed by atoms with Crippen LogP contribution in [0, 0.1) is 0 Å². The largest absolute Gasteiger partial charge is 0.497 e. The summed E-state index contributed by atoms with van der Waals surface area (Å²) in [5.74, 6) is 1.37. The van der Waals surface area contributed by atoms with Gasteiger partial charge in [0.1, 0.15) is 11.5 Å². The van der Waals surface area contributed by atoms with Crippen LogP contribution in [0.5, 0.6) is 11.5 Å². The topological polar surface area (TPSA) is 150 Å².